The van der Waals surface area contributed by atoms with Crippen molar-refractivity contribution in [1.82, 2.24) is 14.8 Å². The van der Waals surface area contributed by atoms with Crippen molar-refractivity contribution in [2.75, 3.05) is 0 Å². The first-order chi connectivity index (χ1) is 10.1. The van der Waals surface area contributed by atoms with Crippen LogP contribution in [0.5, 0.6) is 0 Å². The van der Waals surface area contributed by atoms with Crippen LogP contribution in [0.25, 0.3) is 10.9 Å². The van der Waals surface area contributed by atoms with Gasteiger partial charge in [-0.15, -0.1) is 0 Å². The Morgan fingerprint density at radius 2 is 1.90 bits per heavy atom. The lowest BCUT2D eigenvalue weighted by molar-refractivity contribution is 0.638. The molecule has 2 heterocycles. The van der Waals surface area contributed by atoms with Crippen LogP contribution in [0.2, 0.25) is 15.2 Å². The number of benzene rings is 1. The van der Waals surface area contributed by atoms with Gasteiger partial charge in [0.2, 0.25) is 0 Å². The molecule has 0 aliphatic rings. The smallest absolute Gasteiger partial charge is 0.266 e. The van der Waals surface area contributed by atoms with Gasteiger partial charge in [0.25, 0.3) is 5.56 Å². The zero-order chi connectivity index (χ0) is 15.0. The molecule has 106 valence electrons. The average molecular weight is 341 g/mol. The number of fused-ring (bicyclic) bond motifs is 1. The fraction of sp³-hybridized carbons (Fsp3) is 0.0714. The molecule has 0 bridgehead atoms. The Morgan fingerprint density at radius 3 is 2.71 bits per heavy atom. The van der Waals surface area contributed by atoms with Crippen molar-refractivity contribution in [2.45, 2.75) is 6.54 Å². The van der Waals surface area contributed by atoms with E-state index in [2.05, 4.69) is 10.1 Å². The Morgan fingerprint density at radius 1 is 1.14 bits per heavy atom. The van der Waals surface area contributed by atoms with Gasteiger partial charge in [-0.25, -0.2) is 9.67 Å². The number of halogens is 3. The van der Waals surface area contributed by atoms with Crippen molar-refractivity contribution in [1.29, 1.82) is 0 Å². The number of hydrogen-bond donors (Lipinski definition) is 0. The maximum atomic E-state index is 12.0. The van der Waals surface area contributed by atoms with Gasteiger partial charge in [-0.2, -0.15) is 5.10 Å². The quantitative estimate of drug-likeness (QED) is 0.667. The van der Waals surface area contributed by atoms with Gasteiger partial charge >= 0.3 is 0 Å². The minimum Gasteiger partial charge on any atom is -0.266 e. The third-order valence-corrected chi connectivity index (χ3v) is 4.09. The highest BCUT2D eigenvalue weighted by atomic mass is 35.5. The lowest BCUT2D eigenvalue weighted by Crippen LogP contribution is -2.24. The number of hydrogen-bond acceptors (Lipinski definition) is 3. The van der Waals surface area contributed by atoms with Crippen LogP contribution in [-0.2, 0) is 6.54 Å². The Balaban J connectivity index is 2.08. The highest BCUT2D eigenvalue weighted by Gasteiger charge is 2.11. The second-order valence-corrected chi connectivity index (χ2v) is 5.54. The predicted octanol–water partition coefficient (Wildman–Crippen LogP) is 3.80. The largest absolute Gasteiger partial charge is 0.287 e. The van der Waals surface area contributed by atoms with E-state index in [1.165, 1.54) is 10.9 Å². The highest BCUT2D eigenvalue weighted by molar-refractivity contribution is 6.41. The van der Waals surface area contributed by atoms with Gasteiger partial charge in [-0.1, -0.05) is 53.0 Å². The SMILES string of the molecule is O=c1c(Cl)c(Cl)cnn1Cc1cc2ccccc2nc1Cl. The molecule has 4 nitrogen and oxygen atoms in total. The molecule has 2 aromatic heterocycles. The summed E-state index contributed by atoms with van der Waals surface area (Å²) in [6.45, 7) is 0.173. The van der Waals surface area contributed by atoms with Crippen LogP contribution < -0.4 is 5.56 Å². The molecule has 0 aliphatic carbocycles. The molecule has 0 radical (unpaired) electrons. The summed E-state index contributed by atoms with van der Waals surface area (Å²) in [5, 5.41) is 5.29. The lowest BCUT2D eigenvalue weighted by atomic mass is 10.1. The lowest BCUT2D eigenvalue weighted by Gasteiger charge is -2.08. The zero-order valence-corrected chi connectivity index (χ0v) is 12.8. The molecule has 0 saturated heterocycles. The molecule has 0 saturated carbocycles. The summed E-state index contributed by atoms with van der Waals surface area (Å²) in [6, 6.07) is 9.46. The molecule has 7 heteroatoms. The fourth-order valence-electron chi connectivity index (χ4n) is 1.97. The standard InChI is InChI=1S/C14H8Cl3N3O/c15-10-6-18-20(14(21)12(10)16)7-9-5-8-3-1-2-4-11(8)19-13(9)17/h1-6H,7H2. The third-order valence-electron chi connectivity index (χ3n) is 3.01. The first-order valence-corrected chi connectivity index (χ1v) is 7.15. The highest BCUT2D eigenvalue weighted by Crippen LogP contribution is 2.21. The maximum Gasteiger partial charge on any atom is 0.287 e. The van der Waals surface area contributed by atoms with Crippen molar-refractivity contribution >= 4 is 45.7 Å². The number of para-hydroxylation sites is 1. The molecule has 0 fully saturated rings. The summed E-state index contributed by atoms with van der Waals surface area (Å²) in [5.74, 6) is 0. The number of aromatic nitrogens is 3. The number of pyridine rings is 1. The molecule has 1 aromatic carbocycles. The molecule has 0 atom stereocenters. The number of rotatable bonds is 2. The first kappa shape index (κ1) is 14.3. The summed E-state index contributed by atoms with van der Waals surface area (Å²) in [5.41, 5.74) is 1.01. The van der Waals surface area contributed by atoms with Crippen LogP contribution in [0.1, 0.15) is 5.56 Å². The van der Waals surface area contributed by atoms with Gasteiger partial charge in [-0.05, 0) is 12.1 Å². The van der Waals surface area contributed by atoms with E-state index in [-0.39, 0.29) is 16.6 Å². The fourth-order valence-corrected chi connectivity index (χ4v) is 2.44. The third kappa shape index (κ3) is 2.75. The molecule has 0 spiro atoms. The summed E-state index contributed by atoms with van der Waals surface area (Å²) in [7, 11) is 0. The second kappa shape index (κ2) is 5.64. The van der Waals surface area contributed by atoms with Crippen LogP contribution >= 0.6 is 34.8 Å². The monoisotopic (exact) mass is 339 g/mol. The molecule has 0 aliphatic heterocycles. The summed E-state index contributed by atoms with van der Waals surface area (Å²) in [6.07, 6.45) is 1.33. The van der Waals surface area contributed by atoms with Crippen molar-refractivity contribution in [3.63, 3.8) is 0 Å². The predicted molar refractivity (Wildman–Crippen MR) is 84.4 cm³/mol. The van der Waals surface area contributed by atoms with E-state index in [0.717, 1.165) is 10.9 Å². The molecule has 0 unspecified atom stereocenters. The molecular formula is C14H8Cl3N3O. The normalized spacial score (nSPS) is 11.0. The van der Waals surface area contributed by atoms with E-state index in [1.54, 1.807) is 0 Å². The maximum absolute atomic E-state index is 12.0. The zero-order valence-electron chi connectivity index (χ0n) is 10.6. The Kier molecular flexibility index (Phi) is 3.85. The minimum absolute atomic E-state index is 0.0588. The van der Waals surface area contributed by atoms with Crippen LogP contribution in [0, 0.1) is 0 Å². The van der Waals surface area contributed by atoms with Gasteiger partial charge in [0.05, 0.1) is 23.3 Å². The van der Waals surface area contributed by atoms with Gasteiger partial charge in [-0.3, -0.25) is 4.79 Å². The van der Waals surface area contributed by atoms with E-state index in [0.29, 0.717) is 10.7 Å². The minimum atomic E-state index is -0.464. The van der Waals surface area contributed by atoms with Crippen LogP contribution in [0.3, 0.4) is 0 Å². The Hall–Kier alpha value is -1.62. The first-order valence-electron chi connectivity index (χ1n) is 6.01. The van der Waals surface area contributed by atoms with Gasteiger partial charge in [0.15, 0.2) is 0 Å². The van der Waals surface area contributed by atoms with Crippen molar-refractivity contribution < 1.29 is 0 Å². The van der Waals surface area contributed by atoms with Crippen LogP contribution in [-0.4, -0.2) is 14.8 Å². The van der Waals surface area contributed by atoms with Gasteiger partial charge in [0.1, 0.15) is 10.2 Å². The second-order valence-electron chi connectivity index (χ2n) is 4.40. The summed E-state index contributed by atoms with van der Waals surface area (Å²) >= 11 is 17.7. The molecular weight excluding hydrogens is 333 g/mol. The van der Waals surface area contributed by atoms with Gasteiger partial charge < -0.3 is 0 Å². The summed E-state index contributed by atoms with van der Waals surface area (Å²) in [4.78, 5) is 16.3. The Bertz CT molecular complexity index is 892. The van der Waals surface area contributed by atoms with Crippen LogP contribution in [0.15, 0.2) is 41.3 Å². The molecule has 3 rings (SSSR count). The molecule has 0 N–H and O–H groups in total. The Labute approximate surface area is 134 Å². The average Bonchev–Trinajstić information content (AvgIpc) is 2.48. The molecule has 0 amide bonds. The van der Waals surface area contributed by atoms with E-state index in [4.69, 9.17) is 34.8 Å². The van der Waals surface area contributed by atoms with Gasteiger partial charge in [0, 0.05) is 10.9 Å². The van der Waals surface area contributed by atoms with Crippen molar-refractivity contribution in [3.05, 3.63) is 67.6 Å². The summed E-state index contributed by atoms with van der Waals surface area (Å²) < 4.78 is 1.20. The van der Waals surface area contributed by atoms with E-state index >= 15 is 0 Å². The van der Waals surface area contributed by atoms with Crippen LogP contribution in [0.4, 0.5) is 0 Å². The number of nitrogens with zero attached hydrogens (tertiary/aromatic N) is 3. The van der Waals surface area contributed by atoms with E-state index in [1.807, 2.05) is 30.3 Å². The molecule has 3 aromatic rings. The van der Waals surface area contributed by atoms with E-state index < -0.39 is 5.56 Å². The topological polar surface area (TPSA) is 47.8 Å². The molecule has 21 heavy (non-hydrogen) atoms. The van der Waals surface area contributed by atoms with Crippen molar-refractivity contribution in [3.8, 4) is 0 Å². The van der Waals surface area contributed by atoms with Crippen molar-refractivity contribution in [2.24, 2.45) is 0 Å². The van der Waals surface area contributed by atoms with E-state index in [9.17, 15) is 4.79 Å².